The van der Waals surface area contributed by atoms with Crippen molar-refractivity contribution in [2.24, 2.45) is 11.8 Å². The van der Waals surface area contributed by atoms with Crippen molar-refractivity contribution < 1.29 is 4.43 Å². The summed E-state index contributed by atoms with van der Waals surface area (Å²) in [6, 6.07) is 0.592. The van der Waals surface area contributed by atoms with Crippen molar-refractivity contribution in [2.45, 2.75) is 57.8 Å². The number of fused-ring (bicyclic) bond motifs is 3. The van der Waals surface area contributed by atoms with Gasteiger partial charge in [0, 0.05) is 30.6 Å². The molecule has 22 heavy (non-hydrogen) atoms. The number of nitrogens with zero attached hydrogens (tertiary/aromatic N) is 1. The minimum absolute atomic E-state index is 0.290. The van der Waals surface area contributed by atoms with Gasteiger partial charge in [0.15, 0.2) is 8.32 Å². The van der Waals surface area contributed by atoms with Crippen molar-refractivity contribution in [3.05, 3.63) is 11.6 Å². The Morgan fingerprint density at radius 1 is 1.36 bits per heavy atom. The van der Waals surface area contributed by atoms with Crippen molar-refractivity contribution in [3.8, 4) is 11.8 Å². The Morgan fingerprint density at radius 2 is 2.09 bits per heavy atom. The van der Waals surface area contributed by atoms with E-state index in [-0.39, 0.29) is 5.04 Å². The van der Waals surface area contributed by atoms with Crippen LogP contribution in [0.25, 0.3) is 0 Å². The lowest BCUT2D eigenvalue weighted by molar-refractivity contribution is -0.00120. The molecule has 124 valence electrons. The Kier molecular flexibility index (Phi) is 5.82. The average Bonchev–Trinajstić information content (AvgIpc) is 2.45. The second-order valence-corrected chi connectivity index (χ2v) is 13.3. The Labute approximate surface area is 142 Å². The summed E-state index contributed by atoms with van der Waals surface area (Å²) in [5, 5.41) is 0.290. The van der Waals surface area contributed by atoms with Crippen LogP contribution in [0.4, 0.5) is 0 Å². The SMILES string of the molecule is CC(C)(C)[Si](C)(C)OC[C@H]1C[C@@H]2CCN1C[C@@H]2C#C/C=C/Cl. The summed E-state index contributed by atoms with van der Waals surface area (Å²) < 4.78 is 6.45. The first-order valence-corrected chi connectivity index (χ1v) is 11.7. The molecule has 3 aliphatic rings. The van der Waals surface area contributed by atoms with Crippen LogP contribution < -0.4 is 0 Å². The zero-order valence-electron chi connectivity index (χ0n) is 14.7. The minimum Gasteiger partial charge on any atom is -0.415 e. The quantitative estimate of drug-likeness (QED) is 0.555. The fraction of sp³-hybridized carbons (Fsp3) is 0.778. The zero-order valence-corrected chi connectivity index (χ0v) is 16.4. The third-order valence-corrected chi connectivity index (χ3v) is 10.4. The molecule has 3 fully saturated rings. The highest BCUT2D eigenvalue weighted by molar-refractivity contribution is 6.74. The molecule has 0 amide bonds. The molecule has 3 saturated heterocycles. The van der Waals surface area contributed by atoms with Crippen LogP contribution in [0.2, 0.25) is 18.1 Å². The standard InChI is InChI=1S/C18H30ClNOSi/c1-18(2,3)22(4,5)21-14-17-12-15-9-11-20(17)13-16(15)8-6-7-10-19/h7,10,15-17H,9,11-14H2,1-5H3/b10-7+/t15-,16-,17+/m0/s1. The molecule has 3 heterocycles. The van der Waals surface area contributed by atoms with Gasteiger partial charge >= 0.3 is 0 Å². The van der Waals surface area contributed by atoms with E-state index in [0.717, 1.165) is 19.1 Å². The third kappa shape index (κ3) is 4.17. The fourth-order valence-corrected chi connectivity index (χ4v) is 4.29. The molecule has 0 aromatic carbocycles. The van der Waals surface area contributed by atoms with E-state index in [1.54, 1.807) is 6.08 Å². The summed E-state index contributed by atoms with van der Waals surface area (Å²) in [7, 11) is -1.64. The van der Waals surface area contributed by atoms with Crippen LogP contribution in [0.15, 0.2) is 11.6 Å². The van der Waals surface area contributed by atoms with Crippen LogP contribution in [0.1, 0.15) is 33.6 Å². The smallest absolute Gasteiger partial charge is 0.192 e. The van der Waals surface area contributed by atoms with Gasteiger partial charge in [-0.2, -0.15) is 0 Å². The average molecular weight is 340 g/mol. The maximum atomic E-state index is 6.45. The summed E-state index contributed by atoms with van der Waals surface area (Å²) >= 11 is 5.54. The largest absolute Gasteiger partial charge is 0.415 e. The predicted molar refractivity (Wildman–Crippen MR) is 97.5 cm³/mol. The number of halogens is 1. The Bertz CT molecular complexity index is 472. The van der Waals surface area contributed by atoms with E-state index in [1.165, 1.54) is 24.9 Å². The van der Waals surface area contributed by atoms with Crippen LogP contribution >= 0.6 is 11.6 Å². The van der Waals surface area contributed by atoms with Gasteiger partial charge in [-0.25, -0.2) is 0 Å². The maximum Gasteiger partial charge on any atom is 0.192 e. The monoisotopic (exact) mass is 339 g/mol. The van der Waals surface area contributed by atoms with E-state index < -0.39 is 8.32 Å². The van der Waals surface area contributed by atoms with E-state index in [9.17, 15) is 0 Å². The van der Waals surface area contributed by atoms with E-state index in [0.29, 0.717) is 12.0 Å². The van der Waals surface area contributed by atoms with E-state index in [4.69, 9.17) is 16.0 Å². The van der Waals surface area contributed by atoms with Gasteiger partial charge < -0.3 is 4.43 Å². The molecule has 1 unspecified atom stereocenters. The number of allylic oxidation sites excluding steroid dienone is 1. The highest BCUT2D eigenvalue weighted by Crippen LogP contribution is 2.39. The lowest BCUT2D eigenvalue weighted by atomic mass is 9.76. The molecule has 2 bridgehead atoms. The Hall–Kier alpha value is -0.273. The van der Waals surface area contributed by atoms with Crippen LogP contribution in [-0.2, 0) is 4.43 Å². The van der Waals surface area contributed by atoms with Crippen molar-refractivity contribution >= 4 is 19.9 Å². The molecule has 0 aromatic rings. The number of hydrogen-bond donors (Lipinski definition) is 0. The molecule has 4 atom stereocenters. The summed E-state index contributed by atoms with van der Waals surface area (Å²) in [5.74, 6) is 7.68. The summed E-state index contributed by atoms with van der Waals surface area (Å²) in [6.07, 6.45) is 4.25. The van der Waals surface area contributed by atoms with Crippen LogP contribution in [0.3, 0.4) is 0 Å². The van der Waals surface area contributed by atoms with Gasteiger partial charge in [0.25, 0.3) is 0 Å². The molecule has 4 heteroatoms. The van der Waals surface area contributed by atoms with E-state index in [2.05, 4.69) is 50.6 Å². The van der Waals surface area contributed by atoms with Gasteiger partial charge in [-0.1, -0.05) is 44.2 Å². The van der Waals surface area contributed by atoms with Crippen LogP contribution in [0.5, 0.6) is 0 Å². The van der Waals surface area contributed by atoms with Crippen molar-refractivity contribution in [1.82, 2.24) is 4.90 Å². The van der Waals surface area contributed by atoms with Gasteiger partial charge in [-0.15, -0.1) is 0 Å². The highest BCUT2D eigenvalue weighted by atomic mass is 35.5. The summed E-state index contributed by atoms with van der Waals surface area (Å²) in [6.45, 7) is 14.8. The summed E-state index contributed by atoms with van der Waals surface area (Å²) in [4.78, 5) is 2.59. The molecule has 0 aliphatic carbocycles. The first-order chi connectivity index (χ1) is 10.2. The van der Waals surface area contributed by atoms with Gasteiger partial charge in [-0.05, 0) is 49.5 Å². The molecule has 2 nitrogen and oxygen atoms in total. The number of rotatable bonds is 3. The maximum absolute atomic E-state index is 6.45. The number of piperidine rings is 3. The minimum atomic E-state index is -1.64. The normalized spacial score (nSPS) is 32.1. The fourth-order valence-electron chi connectivity index (χ4n) is 3.18. The Morgan fingerprint density at radius 3 is 2.64 bits per heavy atom. The lowest BCUT2D eigenvalue weighted by Crippen LogP contribution is -2.56. The molecular formula is C18H30ClNOSi. The summed E-state index contributed by atoms with van der Waals surface area (Å²) in [5.41, 5.74) is 1.49. The van der Waals surface area contributed by atoms with Gasteiger partial charge in [-0.3, -0.25) is 4.90 Å². The van der Waals surface area contributed by atoms with Crippen LogP contribution in [0, 0.1) is 23.7 Å². The van der Waals surface area contributed by atoms with Crippen molar-refractivity contribution in [2.75, 3.05) is 19.7 Å². The predicted octanol–water partition coefficient (Wildman–Crippen LogP) is 4.47. The molecule has 0 spiro atoms. The topological polar surface area (TPSA) is 12.5 Å². The highest BCUT2D eigenvalue weighted by Gasteiger charge is 2.42. The van der Waals surface area contributed by atoms with Gasteiger partial charge in [0.2, 0.25) is 0 Å². The molecule has 3 aliphatic heterocycles. The van der Waals surface area contributed by atoms with Crippen LogP contribution in [-0.4, -0.2) is 39.0 Å². The van der Waals surface area contributed by atoms with Gasteiger partial charge in [0.05, 0.1) is 0 Å². The molecule has 0 aromatic heterocycles. The molecule has 0 saturated carbocycles. The zero-order chi connectivity index (χ0) is 16.4. The molecule has 3 rings (SSSR count). The lowest BCUT2D eigenvalue weighted by Gasteiger charge is -2.49. The molecular weight excluding hydrogens is 310 g/mol. The second-order valence-electron chi connectivity index (χ2n) is 8.19. The first-order valence-electron chi connectivity index (χ1n) is 8.39. The van der Waals surface area contributed by atoms with Gasteiger partial charge in [0.1, 0.15) is 0 Å². The number of hydrogen-bond acceptors (Lipinski definition) is 2. The van der Waals surface area contributed by atoms with Crippen molar-refractivity contribution in [3.63, 3.8) is 0 Å². The second kappa shape index (κ2) is 7.09. The molecule has 0 N–H and O–H groups in total. The van der Waals surface area contributed by atoms with E-state index >= 15 is 0 Å². The van der Waals surface area contributed by atoms with Crippen molar-refractivity contribution in [1.29, 1.82) is 0 Å². The molecule has 0 radical (unpaired) electrons. The van der Waals surface area contributed by atoms with E-state index in [1.807, 2.05) is 0 Å². The third-order valence-electron chi connectivity index (χ3n) is 5.74. The Balaban J connectivity index is 1.91. The first kappa shape index (κ1) is 18.1.